The molecule has 0 atom stereocenters. The third-order valence-electron chi connectivity index (χ3n) is 2.58. The Morgan fingerprint density at radius 1 is 1.53 bits per heavy atom. The predicted molar refractivity (Wildman–Crippen MR) is 55.6 cm³/mol. The van der Waals surface area contributed by atoms with Gasteiger partial charge in [-0.05, 0) is 6.92 Å². The summed E-state index contributed by atoms with van der Waals surface area (Å²) >= 11 is 0. The first-order chi connectivity index (χ1) is 7.13. The Bertz CT molecular complexity index is 458. The Morgan fingerprint density at radius 2 is 2.33 bits per heavy atom. The maximum Gasteiger partial charge on any atom is 0.214 e. The van der Waals surface area contributed by atoms with E-state index in [1.165, 1.54) is 10.6 Å². The molecule has 2 heterocycles. The first-order valence-corrected chi connectivity index (χ1v) is 6.50. The van der Waals surface area contributed by atoms with E-state index in [2.05, 4.69) is 9.97 Å². The second-order valence-corrected chi connectivity index (χ2v) is 5.74. The Hall–Kier alpha value is -1.01. The molecule has 1 aromatic rings. The van der Waals surface area contributed by atoms with Gasteiger partial charge in [0, 0.05) is 37.0 Å². The van der Waals surface area contributed by atoms with Crippen molar-refractivity contribution in [2.45, 2.75) is 19.9 Å². The van der Waals surface area contributed by atoms with E-state index in [9.17, 15) is 8.42 Å². The van der Waals surface area contributed by atoms with Gasteiger partial charge in [-0.15, -0.1) is 0 Å². The zero-order valence-electron chi connectivity index (χ0n) is 8.55. The summed E-state index contributed by atoms with van der Waals surface area (Å²) in [7, 11) is -3.09. The maximum atomic E-state index is 11.6. The molecule has 0 unspecified atom stereocenters. The second kappa shape index (κ2) is 3.86. The first kappa shape index (κ1) is 10.5. The summed E-state index contributed by atoms with van der Waals surface area (Å²) in [5.74, 6) is 0.149. The van der Waals surface area contributed by atoms with Gasteiger partial charge in [0.05, 0.1) is 5.75 Å². The van der Waals surface area contributed by atoms with Crippen LogP contribution in [0.2, 0.25) is 0 Å². The fraction of sp³-hybridized carbons (Fsp3) is 0.556. The molecule has 1 aromatic heterocycles. The van der Waals surface area contributed by atoms with Gasteiger partial charge in [0.2, 0.25) is 10.0 Å². The van der Waals surface area contributed by atoms with Gasteiger partial charge < -0.3 is 0 Å². The number of nitrogens with zero attached hydrogens (tertiary/aromatic N) is 3. The Balaban J connectivity index is 2.27. The van der Waals surface area contributed by atoms with Gasteiger partial charge >= 0.3 is 0 Å². The summed E-state index contributed by atoms with van der Waals surface area (Å²) in [4.78, 5) is 8.04. The summed E-state index contributed by atoms with van der Waals surface area (Å²) < 4.78 is 24.8. The van der Waals surface area contributed by atoms with Gasteiger partial charge in [-0.2, -0.15) is 4.31 Å². The summed E-state index contributed by atoms with van der Waals surface area (Å²) in [6.45, 7) is 2.60. The van der Waals surface area contributed by atoms with E-state index in [-0.39, 0.29) is 5.75 Å². The Labute approximate surface area is 89.2 Å². The lowest BCUT2D eigenvalue weighted by Crippen LogP contribution is -2.37. The molecule has 0 saturated heterocycles. The maximum absolute atomic E-state index is 11.6. The molecule has 2 rings (SSSR count). The SMILES string of the molecule is CCS(=O)(=O)N1CCc2ncncc2C1. The van der Waals surface area contributed by atoms with Gasteiger partial charge in [0.25, 0.3) is 0 Å². The van der Waals surface area contributed by atoms with Crippen molar-refractivity contribution in [3.05, 3.63) is 23.8 Å². The van der Waals surface area contributed by atoms with Crippen LogP contribution < -0.4 is 0 Å². The molecule has 0 amide bonds. The highest BCUT2D eigenvalue weighted by molar-refractivity contribution is 7.89. The van der Waals surface area contributed by atoms with Crippen molar-refractivity contribution >= 4 is 10.0 Å². The lowest BCUT2D eigenvalue weighted by atomic mass is 10.1. The van der Waals surface area contributed by atoms with E-state index in [4.69, 9.17) is 0 Å². The van der Waals surface area contributed by atoms with Crippen molar-refractivity contribution in [2.75, 3.05) is 12.3 Å². The normalized spacial score (nSPS) is 17.4. The summed E-state index contributed by atoms with van der Waals surface area (Å²) in [6, 6.07) is 0. The quantitative estimate of drug-likeness (QED) is 0.723. The molecule has 6 heteroatoms. The largest absolute Gasteiger partial charge is 0.244 e. The van der Waals surface area contributed by atoms with Crippen LogP contribution in [0, 0.1) is 0 Å². The molecule has 0 aliphatic carbocycles. The van der Waals surface area contributed by atoms with Crippen LogP contribution in [0.15, 0.2) is 12.5 Å². The molecule has 82 valence electrons. The summed E-state index contributed by atoms with van der Waals surface area (Å²) in [6.07, 6.45) is 3.87. The van der Waals surface area contributed by atoms with Crippen molar-refractivity contribution < 1.29 is 8.42 Å². The van der Waals surface area contributed by atoms with Crippen LogP contribution in [0.25, 0.3) is 0 Å². The third-order valence-corrected chi connectivity index (χ3v) is 4.41. The van der Waals surface area contributed by atoms with Crippen molar-refractivity contribution in [2.24, 2.45) is 0 Å². The summed E-state index contributed by atoms with van der Waals surface area (Å²) in [5.41, 5.74) is 1.88. The van der Waals surface area contributed by atoms with E-state index < -0.39 is 10.0 Å². The van der Waals surface area contributed by atoms with Crippen LogP contribution in [-0.4, -0.2) is 35.0 Å². The average Bonchev–Trinajstić information content (AvgIpc) is 2.28. The molecular weight excluding hydrogens is 214 g/mol. The van der Waals surface area contributed by atoms with Crippen LogP contribution in [0.5, 0.6) is 0 Å². The molecule has 15 heavy (non-hydrogen) atoms. The zero-order valence-corrected chi connectivity index (χ0v) is 9.37. The van der Waals surface area contributed by atoms with E-state index >= 15 is 0 Å². The van der Waals surface area contributed by atoms with Crippen LogP contribution in [0.4, 0.5) is 0 Å². The standard InChI is InChI=1S/C9H13N3O2S/c1-2-15(13,14)12-4-3-9-8(6-12)5-10-7-11-9/h5,7H,2-4,6H2,1H3. The van der Waals surface area contributed by atoms with Gasteiger partial charge in [-0.3, -0.25) is 0 Å². The number of rotatable bonds is 2. The highest BCUT2D eigenvalue weighted by Gasteiger charge is 2.25. The molecule has 0 fully saturated rings. The monoisotopic (exact) mass is 227 g/mol. The molecule has 1 aliphatic rings. The van der Waals surface area contributed by atoms with Crippen LogP contribution in [0.3, 0.4) is 0 Å². The zero-order chi connectivity index (χ0) is 10.9. The molecule has 0 radical (unpaired) electrons. The minimum absolute atomic E-state index is 0.149. The highest BCUT2D eigenvalue weighted by atomic mass is 32.2. The fourth-order valence-corrected chi connectivity index (χ4v) is 2.73. The average molecular weight is 227 g/mol. The van der Waals surface area contributed by atoms with Crippen LogP contribution in [0.1, 0.15) is 18.2 Å². The van der Waals surface area contributed by atoms with Gasteiger partial charge in [0.1, 0.15) is 6.33 Å². The van der Waals surface area contributed by atoms with E-state index in [0.717, 1.165) is 11.3 Å². The number of sulfonamides is 1. The molecule has 5 nitrogen and oxygen atoms in total. The smallest absolute Gasteiger partial charge is 0.214 e. The molecule has 0 bridgehead atoms. The topological polar surface area (TPSA) is 63.2 Å². The van der Waals surface area contributed by atoms with E-state index in [0.29, 0.717) is 19.5 Å². The second-order valence-electron chi connectivity index (χ2n) is 3.48. The lowest BCUT2D eigenvalue weighted by molar-refractivity contribution is 0.387. The van der Waals surface area contributed by atoms with Gasteiger partial charge in [0.15, 0.2) is 0 Å². The van der Waals surface area contributed by atoms with Crippen molar-refractivity contribution in [3.63, 3.8) is 0 Å². The lowest BCUT2D eigenvalue weighted by Gasteiger charge is -2.26. The van der Waals surface area contributed by atoms with Crippen LogP contribution >= 0.6 is 0 Å². The predicted octanol–water partition coefficient (Wildman–Crippen LogP) is 0.184. The minimum Gasteiger partial charge on any atom is -0.244 e. The number of aromatic nitrogens is 2. The number of hydrogen-bond acceptors (Lipinski definition) is 4. The van der Waals surface area contributed by atoms with Crippen molar-refractivity contribution in [1.82, 2.24) is 14.3 Å². The molecule has 0 spiro atoms. The highest BCUT2D eigenvalue weighted by Crippen LogP contribution is 2.18. The fourth-order valence-electron chi connectivity index (χ4n) is 1.66. The molecule has 0 N–H and O–H groups in total. The molecular formula is C9H13N3O2S. The molecule has 1 aliphatic heterocycles. The first-order valence-electron chi connectivity index (χ1n) is 4.89. The van der Waals surface area contributed by atoms with Crippen molar-refractivity contribution in [3.8, 4) is 0 Å². The van der Waals surface area contributed by atoms with Gasteiger partial charge in [-0.1, -0.05) is 0 Å². The number of fused-ring (bicyclic) bond motifs is 1. The third kappa shape index (κ3) is 2.00. The Kier molecular flexibility index (Phi) is 2.70. The van der Waals surface area contributed by atoms with Gasteiger partial charge in [-0.25, -0.2) is 18.4 Å². The molecule has 0 aromatic carbocycles. The summed E-state index contributed by atoms with van der Waals surface area (Å²) in [5, 5.41) is 0. The van der Waals surface area contributed by atoms with E-state index in [1.807, 2.05) is 0 Å². The Morgan fingerprint density at radius 3 is 3.07 bits per heavy atom. The van der Waals surface area contributed by atoms with Crippen molar-refractivity contribution in [1.29, 1.82) is 0 Å². The molecule has 0 saturated carbocycles. The number of hydrogen-bond donors (Lipinski definition) is 0. The van der Waals surface area contributed by atoms with E-state index in [1.54, 1.807) is 13.1 Å². The van der Waals surface area contributed by atoms with Crippen LogP contribution in [-0.2, 0) is 23.0 Å². The minimum atomic E-state index is -3.09.